The van der Waals surface area contributed by atoms with Crippen LogP contribution in [0.25, 0.3) is 22.8 Å². The van der Waals surface area contributed by atoms with Crippen molar-refractivity contribution in [2.24, 2.45) is 0 Å². The summed E-state index contributed by atoms with van der Waals surface area (Å²) in [6, 6.07) is 11.3. The highest BCUT2D eigenvalue weighted by Crippen LogP contribution is 2.27. The van der Waals surface area contributed by atoms with Crippen molar-refractivity contribution in [3.63, 3.8) is 0 Å². The first kappa shape index (κ1) is 17.8. The van der Waals surface area contributed by atoms with E-state index in [1.54, 1.807) is 30.4 Å². The molecular formula is C19H16ClN5OS. The maximum Gasteiger partial charge on any atom is 0.226 e. The predicted octanol–water partition coefficient (Wildman–Crippen LogP) is 4.96. The second-order valence-corrected chi connectivity index (χ2v) is 7.11. The molecule has 0 aliphatic rings. The second-order valence-electron chi connectivity index (χ2n) is 5.73. The number of aromatic nitrogens is 5. The third kappa shape index (κ3) is 3.89. The van der Waals surface area contributed by atoms with Crippen molar-refractivity contribution in [2.75, 3.05) is 0 Å². The van der Waals surface area contributed by atoms with Crippen LogP contribution in [0.2, 0.25) is 5.02 Å². The first-order chi connectivity index (χ1) is 13.2. The van der Waals surface area contributed by atoms with E-state index in [-0.39, 0.29) is 0 Å². The fourth-order valence-electron chi connectivity index (χ4n) is 2.66. The number of rotatable bonds is 6. The third-order valence-corrected chi connectivity index (χ3v) is 5.18. The van der Waals surface area contributed by atoms with Crippen LogP contribution in [0.3, 0.4) is 0 Å². The van der Waals surface area contributed by atoms with E-state index in [2.05, 4.69) is 31.7 Å². The van der Waals surface area contributed by atoms with Crippen LogP contribution in [0.15, 0.2) is 64.6 Å². The Hall–Kier alpha value is -2.64. The number of hydrogen-bond donors (Lipinski definition) is 0. The molecule has 0 aliphatic carbocycles. The zero-order chi connectivity index (χ0) is 18.6. The van der Waals surface area contributed by atoms with Gasteiger partial charge in [0.05, 0.1) is 5.69 Å². The Morgan fingerprint density at radius 3 is 2.74 bits per heavy atom. The number of thioether (sulfide) groups is 1. The molecule has 136 valence electrons. The highest BCUT2D eigenvalue weighted by Gasteiger charge is 2.14. The topological polar surface area (TPSA) is 69.6 Å². The summed E-state index contributed by atoms with van der Waals surface area (Å²) in [5.74, 6) is 2.03. The quantitative estimate of drug-likeness (QED) is 0.428. The molecule has 0 N–H and O–H groups in total. The Labute approximate surface area is 165 Å². The zero-order valence-corrected chi connectivity index (χ0v) is 16.1. The average Bonchev–Trinajstić information content (AvgIpc) is 3.34. The van der Waals surface area contributed by atoms with Crippen molar-refractivity contribution >= 4 is 23.4 Å². The van der Waals surface area contributed by atoms with E-state index in [4.69, 9.17) is 16.0 Å². The van der Waals surface area contributed by atoms with Crippen LogP contribution in [0.5, 0.6) is 0 Å². The molecule has 3 aromatic heterocycles. The summed E-state index contributed by atoms with van der Waals surface area (Å²) < 4.78 is 7.67. The summed E-state index contributed by atoms with van der Waals surface area (Å²) in [5, 5.41) is 10.2. The van der Waals surface area contributed by atoms with E-state index in [1.807, 2.05) is 36.4 Å². The lowest BCUT2D eigenvalue weighted by Crippen LogP contribution is -2.00. The van der Waals surface area contributed by atoms with Gasteiger partial charge in [0.15, 0.2) is 11.0 Å². The molecule has 6 nitrogen and oxygen atoms in total. The van der Waals surface area contributed by atoms with Gasteiger partial charge < -0.3 is 8.98 Å². The lowest BCUT2D eigenvalue weighted by molar-refractivity contribution is 0.573. The maximum absolute atomic E-state index is 6.03. The van der Waals surface area contributed by atoms with Gasteiger partial charge in [0.25, 0.3) is 0 Å². The molecular weight excluding hydrogens is 382 g/mol. The Balaban J connectivity index is 1.51. The average molecular weight is 398 g/mol. The van der Waals surface area contributed by atoms with Crippen LogP contribution in [0, 0.1) is 0 Å². The van der Waals surface area contributed by atoms with Gasteiger partial charge in [-0.2, -0.15) is 0 Å². The van der Waals surface area contributed by atoms with Gasteiger partial charge >= 0.3 is 0 Å². The van der Waals surface area contributed by atoms with Crippen LogP contribution >= 0.6 is 23.4 Å². The summed E-state index contributed by atoms with van der Waals surface area (Å²) in [4.78, 5) is 8.60. The van der Waals surface area contributed by atoms with E-state index in [0.29, 0.717) is 16.7 Å². The van der Waals surface area contributed by atoms with Gasteiger partial charge in [0.2, 0.25) is 5.89 Å². The summed E-state index contributed by atoms with van der Waals surface area (Å²) in [6.45, 7) is 2.85. The normalized spacial score (nSPS) is 11.0. The minimum Gasteiger partial charge on any atom is -0.444 e. The number of hydrogen-bond acceptors (Lipinski definition) is 6. The van der Waals surface area contributed by atoms with E-state index in [1.165, 1.54) is 0 Å². The maximum atomic E-state index is 6.03. The number of halogens is 1. The van der Waals surface area contributed by atoms with Gasteiger partial charge in [0.1, 0.15) is 6.26 Å². The number of pyridine rings is 1. The van der Waals surface area contributed by atoms with Crippen molar-refractivity contribution in [1.29, 1.82) is 0 Å². The van der Waals surface area contributed by atoms with Gasteiger partial charge in [-0.25, -0.2) is 4.98 Å². The zero-order valence-electron chi connectivity index (χ0n) is 14.5. The van der Waals surface area contributed by atoms with Crippen LogP contribution in [-0.2, 0) is 12.3 Å². The lowest BCUT2D eigenvalue weighted by atomic mass is 10.2. The number of benzene rings is 1. The molecule has 1 aromatic carbocycles. The molecule has 4 rings (SSSR count). The van der Waals surface area contributed by atoms with Crippen molar-refractivity contribution < 1.29 is 4.42 Å². The highest BCUT2D eigenvalue weighted by molar-refractivity contribution is 7.98. The second kappa shape index (κ2) is 7.94. The largest absolute Gasteiger partial charge is 0.444 e. The first-order valence-corrected chi connectivity index (χ1v) is 9.77. The van der Waals surface area contributed by atoms with Gasteiger partial charge in [-0.15, -0.1) is 10.2 Å². The van der Waals surface area contributed by atoms with E-state index in [0.717, 1.165) is 34.3 Å². The summed E-state index contributed by atoms with van der Waals surface area (Å²) in [6.07, 6.45) is 5.17. The van der Waals surface area contributed by atoms with Crippen LogP contribution in [0.1, 0.15) is 12.6 Å². The monoisotopic (exact) mass is 397 g/mol. The Bertz CT molecular complexity index is 1050. The van der Waals surface area contributed by atoms with Crippen LogP contribution < -0.4 is 0 Å². The van der Waals surface area contributed by atoms with Gasteiger partial charge in [-0.1, -0.05) is 29.4 Å². The molecule has 0 bridgehead atoms. The minimum atomic E-state index is 0.558. The van der Waals surface area contributed by atoms with Gasteiger partial charge in [-0.05, 0) is 37.3 Å². The van der Waals surface area contributed by atoms with E-state index < -0.39 is 0 Å². The highest BCUT2D eigenvalue weighted by atomic mass is 35.5. The lowest BCUT2D eigenvalue weighted by Gasteiger charge is -2.06. The van der Waals surface area contributed by atoms with Gasteiger partial charge in [-0.3, -0.25) is 4.98 Å². The fourth-order valence-corrected chi connectivity index (χ4v) is 3.73. The Morgan fingerprint density at radius 1 is 1.11 bits per heavy atom. The molecule has 0 aliphatic heterocycles. The van der Waals surface area contributed by atoms with Crippen molar-refractivity contribution in [3.05, 3.63) is 65.8 Å². The van der Waals surface area contributed by atoms with Crippen molar-refractivity contribution in [2.45, 2.75) is 24.4 Å². The summed E-state index contributed by atoms with van der Waals surface area (Å²) >= 11 is 7.61. The van der Waals surface area contributed by atoms with Crippen LogP contribution in [-0.4, -0.2) is 24.7 Å². The SMILES string of the molecule is CCn1c(SCc2coc(-c3cccc(Cl)c3)n2)nnc1-c1ccncc1. The Morgan fingerprint density at radius 2 is 1.96 bits per heavy atom. The Kier molecular flexibility index (Phi) is 5.22. The molecule has 8 heteroatoms. The summed E-state index contributed by atoms with van der Waals surface area (Å²) in [5.41, 5.74) is 2.69. The molecule has 3 heterocycles. The number of oxazole rings is 1. The molecule has 0 unspecified atom stereocenters. The first-order valence-electron chi connectivity index (χ1n) is 8.41. The van der Waals surface area contributed by atoms with Crippen LogP contribution in [0.4, 0.5) is 0 Å². The van der Waals surface area contributed by atoms with E-state index in [9.17, 15) is 0 Å². The molecule has 0 atom stereocenters. The fraction of sp³-hybridized carbons (Fsp3) is 0.158. The van der Waals surface area contributed by atoms with Gasteiger partial charge in [0, 0.05) is 40.8 Å². The molecule has 4 aromatic rings. The van der Waals surface area contributed by atoms with Crippen molar-refractivity contribution in [1.82, 2.24) is 24.7 Å². The molecule has 27 heavy (non-hydrogen) atoms. The third-order valence-electron chi connectivity index (χ3n) is 3.94. The standard InChI is InChI=1S/C19H16ClN5OS/c1-2-25-17(13-6-8-21-9-7-13)23-24-19(25)27-12-16-11-26-18(22-16)14-4-3-5-15(20)10-14/h3-11H,2,12H2,1H3. The minimum absolute atomic E-state index is 0.558. The molecule has 0 saturated heterocycles. The molecule has 0 amide bonds. The molecule has 0 fully saturated rings. The van der Waals surface area contributed by atoms with Crippen molar-refractivity contribution in [3.8, 4) is 22.8 Å². The molecule has 0 radical (unpaired) electrons. The molecule has 0 spiro atoms. The number of nitrogens with zero attached hydrogens (tertiary/aromatic N) is 5. The van der Waals surface area contributed by atoms with E-state index >= 15 is 0 Å². The molecule has 0 saturated carbocycles. The predicted molar refractivity (Wildman–Crippen MR) is 105 cm³/mol. The summed E-state index contributed by atoms with van der Waals surface area (Å²) in [7, 11) is 0. The smallest absolute Gasteiger partial charge is 0.226 e.